The molecule has 0 saturated heterocycles. The van der Waals surface area contributed by atoms with Crippen LogP contribution in [0.3, 0.4) is 0 Å². The van der Waals surface area contributed by atoms with Gasteiger partial charge < -0.3 is 4.52 Å². The standard InChI is InChI=1S/C9H6ClNO2/c10-9(12)5-7-6-3-1-2-4-8(6)13-11-7/h1-4H,5H2. The number of aromatic nitrogens is 1. The van der Waals surface area contributed by atoms with Crippen molar-refractivity contribution in [3.8, 4) is 0 Å². The summed E-state index contributed by atoms with van der Waals surface area (Å²) < 4.78 is 4.99. The molecule has 0 N–H and O–H groups in total. The molecule has 0 unspecified atom stereocenters. The van der Waals surface area contributed by atoms with E-state index in [2.05, 4.69) is 5.16 Å². The molecule has 0 bridgehead atoms. The number of carbonyl (C=O) groups is 1. The quantitative estimate of drug-likeness (QED) is 0.690. The summed E-state index contributed by atoms with van der Waals surface area (Å²) in [5, 5.41) is 4.17. The summed E-state index contributed by atoms with van der Waals surface area (Å²) in [6, 6.07) is 7.35. The first kappa shape index (κ1) is 8.26. The van der Waals surface area contributed by atoms with Crippen LogP contribution in [0.5, 0.6) is 0 Å². The number of fused-ring (bicyclic) bond motifs is 1. The third-order valence-electron chi connectivity index (χ3n) is 1.76. The first-order valence-electron chi connectivity index (χ1n) is 3.79. The number of benzene rings is 1. The number of hydrogen-bond donors (Lipinski definition) is 0. The van der Waals surface area contributed by atoms with Crippen LogP contribution in [-0.2, 0) is 11.2 Å². The SMILES string of the molecule is O=C(Cl)Cc1noc2ccccc12. The predicted octanol–water partition coefficient (Wildman–Crippen LogP) is 2.14. The first-order valence-corrected chi connectivity index (χ1v) is 4.17. The Balaban J connectivity index is 2.51. The molecule has 1 heterocycles. The summed E-state index contributed by atoms with van der Waals surface area (Å²) in [6.07, 6.45) is 0.110. The predicted molar refractivity (Wildman–Crippen MR) is 48.6 cm³/mol. The second kappa shape index (κ2) is 3.18. The van der Waals surface area contributed by atoms with Crippen molar-refractivity contribution < 1.29 is 9.32 Å². The van der Waals surface area contributed by atoms with Gasteiger partial charge in [0.05, 0.1) is 6.42 Å². The van der Waals surface area contributed by atoms with Gasteiger partial charge in [-0.1, -0.05) is 17.3 Å². The van der Waals surface area contributed by atoms with E-state index in [-0.39, 0.29) is 6.42 Å². The van der Waals surface area contributed by atoms with Gasteiger partial charge in [-0.25, -0.2) is 0 Å². The number of rotatable bonds is 2. The number of hydrogen-bond acceptors (Lipinski definition) is 3. The van der Waals surface area contributed by atoms with Crippen LogP contribution >= 0.6 is 11.6 Å². The molecule has 3 nitrogen and oxygen atoms in total. The number of nitrogens with zero attached hydrogens (tertiary/aromatic N) is 1. The first-order chi connectivity index (χ1) is 6.27. The van der Waals surface area contributed by atoms with Gasteiger partial charge >= 0.3 is 0 Å². The van der Waals surface area contributed by atoms with E-state index in [4.69, 9.17) is 16.1 Å². The molecule has 13 heavy (non-hydrogen) atoms. The zero-order valence-corrected chi connectivity index (χ0v) is 7.41. The maximum Gasteiger partial charge on any atom is 0.227 e. The molecule has 0 aliphatic carbocycles. The molecule has 0 aliphatic heterocycles. The van der Waals surface area contributed by atoms with Gasteiger partial charge in [0.15, 0.2) is 5.58 Å². The van der Waals surface area contributed by atoms with Gasteiger partial charge in [0.1, 0.15) is 5.69 Å². The molecule has 2 aromatic rings. The summed E-state index contributed by atoms with van der Waals surface area (Å²) >= 11 is 5.25. The number of halogens is 1. The van der Waals surface area contributed by atoms with Gasteiger partial charge in [-0.15, -0.1) is 0 Å². The molecular weight excluding hydrogens is 190 g/mol. The van der Waals surface area contributed by atoms with Crippen LogP contribution in [0.4, 0.5) is 0 Å². The molecular formula is C9H6ClNO2. The highest BCUT2D eigenvalue weighted by atomic mass is 35.5. The fourth-order valence-corrected chi connectivity index (χ4v) is 1.32. The van der Waals surface area contributed by atoms with Crippen molar-refractivity contribution in [1.29, 1.82) is 0 Å². The average molecular weight is 196 g/mol. The Labute approximate surface area is 79.3 Å². The lowest BCUT2D eigenvalue weighted by Gasteiger charge is -1.88. The van der Waals surface area contributed by atoms with E-state index in [9.17, 15) is 4.79 Å². The summed E-state index contributed by atoms with van der Waals surface area (Å²) in [5.41, 5.74) is 1.27. The molecule has 2 rings (SSSR count). The van der Waals surface area contributed by atoms with Gasteiger partial charge in [0.2, 0.25) is 5.24 Å². The Kier molecular flexibility index (Phi) is 2.02. The van der Waals surface area contributed by atoms with Crippen molar-refractivity contribution in [2.45, 2.75) is 6.42 Å². The fourth-order valence-electron chi connectivity index (χ4n) is 1.20. The maximum atomic E-state index is 10.6. The van der Waals surface area contributed by atoms with E-state index in [0.29, 0.717) is 11.3 Å². The maximum absolute atomic E-state index is 10.6. The average Bonchev–Trinajstić information content (AvgIpc) is 2.48. The van der Waals surface area contributed by atoms with E-state index < -0.39 is 5.24 Å². The molecule has 0 aliphatic rings. The minimum atomic E-state index is -0.431. The zero-order chi connectivity index (χ0) is 9.26. The van der Waals surface area contributed by atoms with Crippen LogP contribution in [0.1, 0.15) is 5.69 Å². The Morgan fingerprint density at radius 3 is 3.00 bits per heavy atom. The molecule has 0 spiro atoms. The van der Waals surface area contributed by atoms with Gasteiger partial charge in [-0.05, 0) is 23.7 Å². The molecule has 0 saturated carbocycles. The Morgan fingerprint density at radius 2 is 2.23 bits per heavy atom. The van der Waals surface area contributed by atoms with Crippen LogP contribution in [0.2, 0.25) is 0 Å². The topological polar surface area (TPSA) is 43.1 Å². The summed E-state index contributed by atoms with van der Waals surface area (Å²) in [7, 11) is 0. The van der Waals surface area contributed by atoms with Crippen molar-refractivity contribution >= 4 is 27.8 Å². The van der Waals surface area contributed by atoms with E-state index in [1.807, 2.05) is 18.2 Å². The van der Waals surface area contributed by atoms with Crippen molar-refractivity contribution in [2.24, 2.45) is 0 Å². The lowest BCUT2D eigenvalue weighted by Crippen LogP contribution is -1.93. The Bertz CT molecular complexity index is 450. The van der Waals surface area contributed by atoms with E-state index in [1.165, 1.54) is 0 Å². The highest BCUT2D eigenvalue weighted by Crippen LogP contribution is 2.18. The Hall–Kier alpha value is -1.35. The van der Waals surface area contributed by atoms with Gasteiger partial charge in [-0.2, -0.15) is 0 Å². The smallest absolute Gasteiger partial charge is 0.227 e. The molecule has 0 amide bonds. The molecule has 66 valence electrons. The number of carbonyl (C=O) groups excluding carboxylic acids is 1. The Morgan fingerprint density at radius 1 is 1.46 bits per heavy atom. The van der Waals surface area contributed by atoms with E-state index in [0.717, 1.165) is 5.39 Å². The molecule has 1 aromatic carbocycles. The van der Waals surface area contributed by atoms with Crippen LogP contribution in [-0.4, -0.2) is 10.4 Å². The van der Waals surface area contributed by atoms with E-state index >= 15 is 0 Å². The molecule has 0 atom stereocenters. The van der Waals surface area contributed by atoms with Crippen molar-refractivity contribution in [1.82, 2.24) is 5.16 Å². The fraction of sp³-hybridized carbons (Fsp3) is 0.111. The van der Waals surface area contributed by atoms with Crippen LogP contribution in [0.25, 0.3) is 11.0 Å². The molecule has 4 heteroatoms. The summed E-state index contributed by atoms with van der Waals surface area (Å²) in [6.45, 7) is 0. The zero-order valence-electron chi connectivity index (χ0n) is 6.66. The minimum Gasteiger partial charge on any atom is -0.356 e. The summed E-state index contributed by atoms with van der Waals surface area (Å²) in [4.78, 5) is 10.6. The van der Waals surface area contributed by atoms with Crippen molar-refractivity contribution in [3.63, 3.8) is 0 Å². The minimum absolute atomic E-state index is 0.110. The highest BCUT2D eigenvalue weighted by Gasteiger charge is 2.09. The van der Waals surface area contributed by atoms with Crippen LogP contribution in [0, 0.1) is 0 Å². The van der Waals surface area contributed by atoms with Crippen molar-refractivity contribution in [2.75, 3.05) is 0 Å². The van der Waals surface area contributed by atoms with E-state index in [1.54, 1.807) is 6.07 Å². The van der Waals surface area contributed by atoms with Gasteiger partial charge in [0, 0.05) is 5.39 Å². The summed E-state index contributed by atoms with van der Waals surface area (Å²) in [5.74, 6) is 0. The lowest BCUT2D eigenvalue weighted by molar-refractivity contribution is -0.111. The third kappa shape index (κ3) is 1.55. The largest absolute Gasteiger partial charge is 0.356 e. The highest BCUT2D eigenvalue weighted by molar-refractivity contribution is 6.63. The molecule has 0 radical (unpaired) electrons. The second-order valence-electron chi connectivity index (χ2n) is 2.66. The second-order valence-corrected chi connectivity index (χ2v) is 3.08. The van der Waals surface area contributed by atoms with Crippen LogP contribution in [0.15, 0.2) is 28.8 Å². The monoisotopic (exact) mass is 195 g/mol. The van der Waals surface area contributed by atoms with Gasteiger partial charge in [-0.3, -0.25) is 4.79 Å². The lowest BCUT2D eigenvalue weighted by atomic mass is 10.2. The van der Waals surface area contributed by atoms with Gasteiger partial charge in [0.25, 0.3) is 0 Å². The molecule has 1 aromatic heterocycles. The third-order valence-corrected chi connectivity index (χ3v) is 1.89. The number of para-hydroxylation sites is 1. The van der Waals surface area contributed by atoms with Crippen LogP contribution < -0.4 is 0 Å². The van der Waals surface area contributed by atoms with Crippen molar-refractivity contribution in [3.05, 3.63) is 30.0 Å². The molecule has 0 fully saturated rings. The normalized spacial score (nSPS) is 10.5.